The lowest BCUT2D eigenvalue weighted by atomic mass is 10.2. The van der Waals surface area contributed by atoms with Crippen molar-refractivity contribution in [2.45, 2.75) is 6.92 Å². The van der Waals surface area contributed by atoms with Crippen molar-refractivity contribution in [1.82, 2.24) is 15.0 Å². The largest absolute Gasteiger partial charge is 0.447 e. The van der Waals surface area contributed by atoms with Gasteiger partial charge in [-0.3, -0.25) is 4.90 Å². The zero-order valence-electron chi connectivity index (χ0n) is 10.2. The van der Waals surface area contributed by atoms with Gasteiger partial charge < -0.3 is 4.74 Å². The van der Waals surface area contributed by atoms with Crippen LogP contribution in [0.25, 0.3) is 5.69 Å². The highest BCUT2D eigenvalue weighted by atomic mass is 19.1. The second-order valence-corrected chi connectivity index (χ2v) is 4.21. The molecule has 1 amide bonds. The summed E-state index contributed by atoms with van der Waals surface area (Å²) in [6.45, 7) is 2.53. The maximum absolute atomic E-state index is 14.1. The molecule has 0 unspecified atom stereocenters. The van der Waals surface area contributed by atoms with Gasteiger partial charge in [-0.25, -0.2) is 13.9 Å². The van der Waals surface area contributed by atoms with Crippen molar-refractivity contribution in [3.8, 4) is 5.69 Å². The fraction of sp³-hybridized carbons (Fsp3) is 0.250. The molecule has 6 nitrogen and oxygen atoms in total. The molecular formula is C12H11FN4O2. The van der Waals surface area contributed by atoms with Gasteiger partial charge in [-0.1, -0.05) is 5.21 Å². The van der Waals surface area contributed by atoms with E-state index >= 15 is 0 Å². The fourth-order valence-electron chi connectivity index (χ4n) is 1.94. The number of ether oxygens (including phenoxy) is 1. The highest BCUT2D eigenvalue weighted by molar-refractivity contribution is 5.89. The summed E-state index contributed by atoms with van der Waals surface area (Å²) in [6, 6.07) is 4.51. The molecule has 7 heteroatoms. The predicted octanol–water partition coefficient (Wildman–Crippen LogP) is 1.67. The third-order valence-electron chi connectivity index (χ3n) is 2.86. The van der Waals surface area contributed by atoms with E-state index in [9.17, 15) is 9.18 Å². The first-order valence-electron chi connectivity index (χ1n) is 5.78. The Labute approximate surface area is 108 Å². The maximum atomic E-state index is 14.1. The standard InChI is InChI=1S/C12H11FN4O2/c1-8-7-17(15-14-8)11-3-2-9(6-10(11)13)16-4-5-19-12(16)18/h2-3,6-7H,4-5H2,1H3. The van der Waals surface area contributed by atoms with Crippen LogP contribution in [-0.2, 0) is 4.74 Å². The summed E-state index contributed by atoms with van der Waals surface area (Å²) in [5.41, 5.74) is 1.46. The SMILES string of the molecule is Cc1cn(-c2ccc(N3CCOC3=O)cc2F)nn1. The zero-order chi connectivity index (χ0) is 13.4. The van der Waals surface area contributed by atoms with Crippen molar-refractivity contribution in [3.05, 3.63) is 35.9 Å². The molecule has 0 bridgehead atoms. The molecule has 1 aliphatic rings. The lowest BCUT2D eigenvalue weighted by molar-refractivity contribution is 0.181. The van der Waals surface area contributed by atoms with E-state index in [1.807, 2.05) is 0 Å². The molecule has 1 saturated heterocycles. The Morgan fingerprint density at radius 1 is 1.42 bits per heavy atom. The Bertz CT molecular complexity index is 640. The number of rotatable bonds is 2. The third kappa shape index (κ3) is 2.03. The molecule has 2 aromatic rings. The first-order valence-corrected chi connectivity index (χ1v) is 5.78. The van der Waals surface area contributed by atoms with Gasteiger partial charge >= 0.3 is 6.09 Å². The molecule has 1 aromatic carbocycles. The number of carbonyl (C=O) groups excluding carboxylic acids is 1. The van der Waals surface area contributed by atoms with Gasteiger partial charge in [0.15, 0.2) is 5.82 Å². The summed E-state index contributed by atoms with van der Waals surface area (Å²) in [6.07, 6.45) is 1.17. The van der Waals surface area contributed by atoms with Crippen LogP contribution >= 0.6 is 0 Å². The van der Waals surface area contributed by atoms with Crippen LogP contribution in [0.4, 0.5) is 14.9 Å². The predicted molar refractivity (Wildman–Crippen MR) is 64.7 cm³/mol. The minimum absolute atomic E-state index is 0.289. The van der Waals surface area contributed by atoms with Crippen LogP contribution in [0.3, 0.4) is 0 Å². The number of amides is 1. The quantitative estimate of drug-likeness (QED) is 0.826. The van der Waals surface area contributed by atoms with E-state index in [0.717, 1.165) is 0 Å². The van der Waals surface area contributed by atoms with Crippen LogP contribution in [0.1, 0.15) is 5.69 Å². The molecule has 3 rings (SSSR count). The van der Waals surface area contributed by atoms with Crippen molar-refractivity contribution in [1.29, 1.82) is 0 Å². The topological polar surface area (TPSA) is 60.2 Å². The third-order valence-corrected chi connectivity index (χ3v) is 2.86. The monoisotopic (exact) mass is 262 g/mol. The first-order chi connectivity index (χ1) is 9.15. The van der Waals surface area contributed by atoms with E-state index in [1.165, 1.54) is 15.6 Å². The van der Waals surface area contributed by atoms with E-state index in [0.29, 0.717) is 24.5 Å². The molecule has 0 spiro atoms. The van der Waals surface area contributed by atoms with Gasteiger partial charge in [0.1, 0.15) is 12.3 Å². The van der Waals surface area contributed by atoms with Crippen LogP contribution < -0.4 is 4.90 Å². The molecule has 0 N–H and O–H groups in total. The molecule has 98 valence electrons. The van der Waals surface area contributed by atoms with Gasteiger partial charge in [0, 0.05) is 0 Å². The second kappa shape index (κ2) is 4.34. The van der Waals surface area contributed by atoms with Crippen LogP contribution in [-0.4, -0.2) is 34.2 Å². The first kappa shape index (κ1) is 11.6. The Balaban J connectivity index is 1.96. The Morgan fingerprint density at radius 3 is 2.84 bits per heavy atom. The van der Waals surface area contributed by atoms with E-state index < -0.39 is 11.9 Å². The summed E-state index contributed by atoms with van der Waals surface area (Å²) >= 11 is 0. The number of anilines is 1. The lowest BCUT2D eigenvalue weighted by Crippen LogP contribution is -2.23. The van der Waals surface area contributed by atoms with Gasteiger partial charge in [0.25, 0.3) is 0 Å². The second-order valence-electron chi connectivity index (χ2n) is 4.21. The number of cyclic esters (lactones) is 1. The minimum Gasteiger partial charge on any atom is -0.447 e. The highest BCUT2D eigenvalue weighted by Crippen LogP contribution is 2.23. The summed E-state index contributed by atoms with van der Waals surface area (Å²) < 4.78 is 20.2. The van der Waals surface area contributed by atoms with Crippen molar-refractivity contribution in [2.24, 2.45) is 0 Å². The average Bonchev–Trinajstić information content (AvgIpc) is 2.98. The van der Waals surface area contributed by atoms with Gasteiger partial charge in [-0.15, -0.1) is 5.10 Å². The summed E-state index contributed by atoms with van der Waals surface area (Å²) in [5, 5.41) is 7.62. The average molecular weight is 262 g/mol. The molecule has 0 atom stereocenters. The maximum Gasteiger partial charge on any atom is 0.414 e. The smallest absolute Gasteiger partial charge is 0.414 e. The minimum atomic E-state index is -0.470. The van der Waals surface area contributed by atoms with Crippen molar-refractivity contribution in [2.75, 3.05) is 18.1 Å². The van der Waals surface area contributed by atoms with Crippen molar-refractivity contribution in [3.63, 3.8) is 0 Å². The van der Waals surface area contributed by atoms with Crippen LogP contribution in [0.15, 0.2) is 24.4 Å². The van der Waals surface area contributed by atoms with Crippen LogP contribution in [0.5, 0.6) is 0 Å². The molecule has 0 saturated carbocycles. The van der Waals surface area contributed by atoms with Gasteiger partial charge in [-0.05, 0) is 25.1 Å². The van der Waals surface area contributed by atoms with Crippen molar-refractivity contribution < 1.29 is 13.9 Å². The number of aromatic nitrogens is 3. The highest BCUT2D eigenvalue weighted by Gasteiger charge is 2.24. The molecule has 2 heterocycles. The summed E-state index contributed by atoms with van der Waals surface area (Å²) in [4.78, 5) is 12.8. The van der Waals surface area contributed by atoms with Crippen LogP contribution in [0.2, 0.25) is 0 Å². The van der Waals surface area contributed by atoms with E-state index in [4.69, 9.17) is 4.74 Å². The van der Waals surface area contributed by atoms with Gasteiger partial charge in [0.05, 0.1) is 24.1 Å². The fourth-order valence-corrected chi connectivity index (χ4v) is 1.94. The number of carbonyl (C=O) groups is 1. The molecular weight excluding hydrogens is 251 g/mol. The number of benzene rings is 1. The molecule has 1 aromatic heterocycles. The van der Waals surface area contributed by atoms with E-state index in [1.54, 1.807) is 25.3 Å². The Morgan fingerprint density at radius 2 is 2.26 bits per heavy atom. The molecule has 19 heavy (non-hydrogen) atoms. The Hall–Kier alpha value is -2.44. The van der Waals surface area contributed by atoms with Crippen LogP contribution in [0, 0.1) is 12.7 Å². The molecule has 0 radical (unpaired) electrons. The van der Waals surface area contributed by atoms with Crippen molar-refractivity contribution >= 4 is 11.8 Å². The number of hydrogen-bond acceptors (Lipinski definition) is 4. The molecule has 1 fully saturated rings. The number of halogens is 1. The van der Waals surface area contributed by atoms with E-state index in [-0.39, 0.29) is 5.69 Å². The number of nitrogens with zero attached hydrogens (tertiary/aromatic N) is 4. The Kier molecular flexibility index (Phi) is 2.66. The summed E-state index contributed by atoms with van der Waals surface area (Å²) in [7, 11) is 0. The summed E-state index contributed by atoms with van der Waals surface area (Å²) in [5.74, 6) is -0.470. The lowest BCUT2D eigenvalue weighted by Gasteiger charge is -2.13. The molecule has 1 aliphatic heterocycles. The normalized spacial score (nSPS) is 14.8. The van der Waals surface area contributed by atoms with Gasteiger partial charge in [0.2, 0.25) is 0 Å². The molecule has 0 aliphatic carbocycles. The van der Waals surface area contributed by atoms with Gasteiger partial charge in [-0.2, -0.15) is 0 Å². The number of hydrogen-bond donors (Lipinski definition) is 0. The van der Waals surface area contributed by atoms with E-state index in [2.05, 4.69) is 10.3 Å². The zero-order valence-corrected chi connectivity index (χ0v) is 10.2. The number of aryl methyl sites for hydroxylation is 1.